The summed E-state index contributed by atoms with van der Waals surface area (Å²) in [7, 11) is 2.18. The van der Waals surface area contributed by atoms with Crippen LogP contribution >= 0.6 is 11.3 Å². The van der Waals surface area contributed by atoms with Crippen LogP contribution in [0.1, 0.15) is 46.8 Å². The van der Waals surface area contributed by atoms with E-state index in [-0.39, 0.29) is 5.91 Å². The zero-order chi connectivity index (χ0) is 16.1. The van der Waals surface area contributed by atoms with Gasteiger partial charge in [-0.05, 0) is 64.7 Å². The molecule has 3 rings (SSSR count). The fourth-order valence-corrected chi connectivity index (χ4v) is 4.48. The van der Waals surface area contributed by atoms with E-state index >= 15 is 0 Å². The highest BCUT2D eigenvalue weighted by Gasteiger charge is 2.18. The van der Waals surface area contributed by atoms with Crippen molar-refractivity contribution in [1.29, 1.82) is 0 Å². The Balaban J connectivity index is 1.40. The fourth-order valence-electron chi connectivity index (χ4n) is 3.61. The Morgan fingerprint density at radius 2 is 2.17 bits per heavy atom. The molecule has 0 saturated carbocycles. The highest BCUT2D eigenvalue weighted by Crippen LogP contribution is 2.19. The van der Waals surface area contributed by atoms with Gasteiger partial charge in [-0.1, -0.05) is 0 Å². The van der Waals surface area contributed by atoms with E-state index < -0.39 is 0 Å². The first-order valence-electron chi connectivity index (χ1n) is 8.84. The van der Waals surface area contributed by atoms with Gasteiger partial charge in [0.15, 0.2) is 0 Å². The van der Waals surface area contributed by atoms with Gasteiger partial charge in [0.05, 0.1) is 12.7 Å². The zero-order valence-electron chi connectivity index (χ0n) is 14.1. The molecular weight excluding hydrogens is 308 g/mol. The van der Waals surface area contributed by atoms with E-state index in [0.29, 0.717) is 0 Å². The van der Waals surface area contributed by atoms with Crippen LogP contribution in [0.4, 0.5) is 0 Å². The predicted octanol–water partition coefficient (Wildman–Crippen LogP) is 2.20. The molecule has 0 aromatic carbocycles. The molecule has 23 heavy (non-hydrogen) atoms. The Bertz CT molecular complexity index is 512. The lowest BCUT2D eigenvalue weighted by molar-refractivity contribution is 0.0952. The van der Waals surface area contributed by atoms with Crippen LogP contribution < -0.4 is 5.32 Å². The molecule has 1 aromatic heterocycles. The summed E-state index contributed by atoms with van der Waals surface area (Å²) in [5.41, 5.74) is 0. The topological polar surface area (TPSA) is 48.5 Å². The molecule has 1 atom stereocenters. The predicted molar refractivity (Wildman–Crippen MR) is 93.8 cm³/mol. The van der Waals surface area contributed by atoms with Gasteiger partial charge in [-0.3, -0.25) is 9.69 Å². The van der Waals surface area contributed by atoms with Crippen molar-refractivity contribution in [3.05, 3.63) is 16.1 Å². The van der Waals surface area contributed by atoms with E-state index in [2.05, 4.69) is 27.1 Å². The SMILES string of the molecule is CN1CCC[C@@H](CCNC(=O)c2cnc(CN3CCCC3)s2)C1. The van der Waals surface area contributed by atoms with Crippen LogP contribution in [-0.4, -0.2) is 60.5 Å². The van der Waals surface area contributed by atoms with Gasteiger partial charge in [0.2, 0.25) is 0 Å². The van der Waals surface area contributed by atoms with Crippen molar-refractivity contribution in [1.82, 2.24) is 20.1 Å². The van der Waals surface area contributed by atoms with Gasteiger partial charge in [-0.25, -0.2) is 4.98 Å². The van der Waals surface area contributed by atoms with Gasteiger partial charge in [0.1, 0.15) is 9.88 Å². The van der Waals surface area contributed by atoms with Crippen molar-refractivity contribution in [3.8, 4) is 0 Å². The van der Waals surface area contributed by atoms with Crippen LogP contribution in [0, 0.1) is 5.92 Å². The molecule has 2 fully saturated rings. The number of carbonyl (C=O) groups excluding carboxylic acids is 1. The number of hydrogen-bond donors (Lipinski definition) is 1. The third-order valence-corrected chi connectivity index (χ3v) is 5.88. The summed E-state index contributed by atoms with van der Waals surface area (Å²) in [6.45, 7) is 6.37. The second-order valence-electron chi connectivity index (χ2n) is 6.92. The van der Waals surface area contributed by atoms with E-state index in [1.807, 2.05) is 0 Å². The van der Waals surface area contributed by atoms with Crippen molar-refractivity contribution in [2.45, 2.75) is 38.6 Å². The molecule has 1 amide bonds. The van der Waals surface area contributed by atoms with E-state index in [9.17, 15) is 4.79 Å². The van der Waals surface area contributed by atoms with Crippen molar-refractivity contribution < 1.29 is 4.79 Å². The second kappa shape index (κ2) is 8.22. The maximum absolute atomic E-state index is 12.2. The highest BCUT2D eigenvalue weighted by atomic mass is 32.1. The Hall–Kier alpha value is -0.980. The van der Waals surface area contributed by atoms with Crippen molar-refractivity contribution in [3.63, 3.8) is 0 Å². The van der Waals surface area contributed by atoms with Crippen molar-refractivity contribution in [2.24, 2.45) is 5.92 Å². The average Bonchev–Trinajstić information content (AvgIpc) is 3.19. The van der Waals surface area contributed by atoms with Crippen LogP contribution in [0.15, 0.2) is 6.20 Å². The average molecular weight is 337 g/mol. The number of piperidine rings is 1. The lowest BCUT2D eigenvalue weighted by Gasteiger charge is -2.29. The second-order valence-corrected chi connectivity index (χ2v) is 8.03. The summed E-state index contributed by atoms with van der Waals surface area (Å²) in [6.07, 6.45) is 7.96. The van der Waals surface area contributed by atoms with Gasteiger partial charge in [-0.15, -0.1) is 11.3 Å². The molecule has 2 aliphatic rings. The number of likely N-dealkylation sites (tertiary alicyclic amines) is 2. The summed E-state index contributed by atoms with van der Waals surface area (Å²) < 4.78 is 0. The van der Waals surface area contributed by atoms with E-state index in [4.69, 9.17) is 0 Å². The number of amides is 1. The molecule has 5 nitrogen and oxygen atoms in total. The smallest absolute Gasteiger partial charge is 0.263 e. The van der Waals surface area contributed by atoms with Crippen LogP contribution in [0.2, 0.25) is 0 Å². The minimum atomic E-state index is 0.0411. The minimum absolute atomic E-state index is 0.0411. The molecule has 6 heteroatoms. The molecule has 0 unspecified atom stereocenters. The molecule has 0 radical (unpaired) electrons. The normalized spacial score (nSPS) is 23.3. The van der Waals surface area contributed by atoms with Gasteiger partial charge in [-0.2, -0.15) is 0 Å². The number of rotatable bonds is 6. The zero-order valence-corrected chi connectivity index (χ0v) is 14.9. The molecule has 128 valence electrons. The van der Waals surface area contributed by atoms with Crippen LogP contribution in [0.5, 0.6) is 0 Å². The van der Waals surface area contributed by atoms with Crippen LogP contribution in [0.3, 0.4) is 0 Å². The number of nitrogens with zero attached hydrogens (tertiary/aromatic N) is 3. The maximum atomic E-state index is 12.2. The Labute approximate surface area is 143 Å². The Morgan fingerprint density at radius 1 is 1.35 bits per heavy atom. The number of nitrogens with one attached hydrogen (secondary N) is 1. The number of aromatic nitrogens is 1. The monoisotopic (exact) mass is 336 g/mol. The molecule has 2 aliphatic heterocycles. The maximum Gasteiger partial charge on any atom is 0.263 e. The molecular formula is C17H28N4OS. The number of hydrogen-bond acceptors (Lipinski definition) is 5. The van der Waals surface area contributed by atoms with E-state index in [1.54, 1.807) is 17.5 Å². The summed E-state index contributed by atoms with van der Waals surface area (Å²) in [5, 5.41) is 4.13. The largest absolute Gasteiger partial charge is 0.351 e. The molecule has 0 spiro atoms. The fraction of sp³-hybridized carbons (Fsp3) is 0.765. The minimum Gasteiger partial charge on any atom is -0.351 e. The quantitative estimate of drug-likeness (QED) is 0.865. The molecule has 1 aromatic rings. The van der Waals surface area contributed by atoms with Crippen molar-refractivity contribution >= 4 is 17.2 Å². The van der Waals surface area contributed by atoms with Gasteiger partial charge in [0.25, 0.3) is 5.91 Å². The standard InChI is InChI=1S/C17H28N4OS/c1-20-8-4-5-14(12-20)6-7-18-17(22)15-11-19-16(23-15)13-21-9-2-3-10-21/h11,14H,2-10,12-13H2,1H3,(H,18,22)/t14-/m0/s1. The molecule has 0 aliphatic carbocycles. The summed E-state index contributed by atoms with van der Waals surface area (Å²) >= 11 is 1.54. The molecule has 0 bridgehead atoms. The van der Waals surface area contributed by atoms with Crippen molar-refractivity contribution in [2.75, 3.05) is 39.8 Å². The van der Waals surface area contributed by atoms with E-state index in [0.717, 1.165) is 54.9 Å². The van der Waals surface area contributed by atoms with E-state index in [1.165, 1.54) is 32.2 Å². The highest BCUT2D eigenvalue weighted by molar-refractivity contribution is 7.13. The lowest BCUT2D eigenvalue weighted by Crippen LogP contribution is -2.34. The first kappa shape index (κ1) is 16.9. The summed E-state index contributed by atoms with van der Waals surface area (Å²) in [6, 6.07) is 0. The number of carbonyl (C=O) groups is 1. The molecule has 2 saturated heterocycles. The van der Waals surface area contributed by atoms with Crippen LogP contribution in [0.25, 0.3) is 0 Å². The molecule has 1 N–H and O–H groups in total. The summed E-state index contributed by atoms with van der Waals surface area (Å²) in [4.78, 5) is 22.2. The lowest BCUT2D eigenvalue weighted by atomic mass is 9.95. The molecule has 3 heterocycles. The first-order chi connectivity index (χ1) is 11.2. The van der Waals surface area contributed by atoms with Crippen LogP contribution in [-0.2, 0) is 6.54 Å². The Morgan fingerprint density at radius 3 is 2.96 bits per heavy atom. The third-order valence-electron chi connectivity index (χ3n) is 4.90. The Kier molecular flexibility index (Phi) is 6.02. The van der Waals surface area contributed by atoms with Gasteiger partial charge in [0, 0.05) is 13.1 Å². The first-order valence-corrected chi connectivity index (χ1v) is 9.66. The number of thiazole rings is 1. The summed E-state index contributed by atoms with van der Waals surface area (Å²) in [5.74, 6) is 0.764. The van der Waals surface area contributed by atoms with Gasteiger partial charge < -0.3 is 10.2 Å². The third kappa shape index (κ3) is 4.99. The van der Waals surface area contributed by atoms with Gasteiger partial charge >= 0.3 is 0 Å².